The molecule has 0 aromatic rings. The van der Waals surface area contributed by atoms with Crippen LogP contribution >= 0.6 is 11.8 Å². The van der Waals surface area contributed by atoms with Crippen LogP contribution in [-0.4, -0.2) is 53.5 Å². The Morgan fingerprint density at radius 3 is 2.37 bits per heavy atom. The van der Waals surface area contributed by atoms with Gasteiger partial charge in [0.15, 0.2) is 0 Å². The molecule has 1 saturated carbocycles. The fourth-order valence-corrected chi connectivity index (χ4v) is 3.76. The molecular formula is C19H35N3O4S. The summed E-state index contributed by atoms with van der Waals surface area (Å²) in [5, 5.41) is 14.9. The van der Waals surface area contributed by atoms with Crippen LogP contribution in [0.15, 0.2) is 0 Å². The van der Waals surface area contributed by atoms with E-state index in [2.05, 4.69) is 10.6 Å². The van der Waals surface area contributed by atoms with Crippen LogP contribution in [0.25, 0.3) is 0 Å². The second kappa shape index (κ2) is 12.2. The van der Waals surface area contributed by atoms with Gasteiger partial charge in [-0.15, -0.1) is 0 Å². The number of nitrogens with two attached hydrogens (primary N) is 1. The Morgan fingerprint density at radius 1 is 1.22 bits per heavy atom. The quantitative estimate of drug-likeness (QED) is 0.417. The van der Waals surface area contributed by atoms with Gasteiger partial charge in [-0.05, 0) is 55.9 Å². The number of hydrogen-bond donors (Lipinski definition) is 4. The summed E-state index contributed by atoms with van der Waals surface area (Å²) in [5.74, 6) is -0.205. The molecule has 0 bridgehead atoms. The van der Waals surface area contributed by atoms with Crippen LogP contribution in [0.5, 0.6) is 0 Å². The maximum absolute atomic E-state index is 12.4. The molecule has 8 heteroatoms. The molecule has 0 unspecified atom stereocenters. The molecule has 0 aromatic heterocycles. The van der Waals surface area contributed by atoms with Gasteiger partial charge in [0.25, 0.3) is 0 Å². The summed E-state index contributed by atoms with van der Waals surface area (Å²) in [6.07, 6.45) is 6.34. The number of rotatable bonds is 11. The molecule has 1 rings (SSSR count). The molecule has 0 heterocycles. The van der Waals surface area contributed by atoms with Crippen molar-refractivity contribution in [2.24, 2.45) is 23.5 Å². The minimum absolute atomic E-state index is 0.109. The van der Waals surface area contributed by atoms with Crippen LogP contribution in [0.1, 0.15) is 52.4 Å². The van der Waals surface area contributed by atoms with Crippen LogP contribution in [0, 0.1) is 17.8 Å². The van der Waals surface area contributed by atoms with Crippen LogP contribution in [0.4, 0.5) is 0 Å². The van der Waals surface area contributed by atoms with Crippen LogP contribution in [0.2, 0.25) is 0 Å². The van der Waals surface area contributed by atoms with Crippen molar-refractivity contribution in [1.29, 1.82) is 0 Å². The van der Waals surface area contributed by atoms with Crippen molar-refractivity contribution in [2.75, 3.05) is 18.6 Å². The molecule has 27 heavy (non-hydrogen) atoms. The van der Waals surface area contributed by atoms with Crippen molar-refractivity contribution in [3.8, 4) is 0 Å². The van der Waals surface area contributed by atoms with E-state index < -0.39 is 18.1 Å². The summed E-state index contributed by atoms with van der Waals surface area (Å²) >= 11 is 1.57. The number of carboxylic acid groups (broad SMARTS) is 1. The Kier molecular flexibility index (Phi) is 10.8. The van der Waals surface area contributed by atoms with Gasteiger partial charge in [0.2, 0.25) is 11.8 Å². The van der Waals surface area contributed by atoms with Gasteiger partial charge in [0.1, 0.15) is 6.04 Å². The first-order valence-electron chi connectivity index (χ1n) is 9.85. The van der Waals surface area contributed by atoms with Crippen molar-refractivity contribution in [3.63, 3.8) is 0 Å². The lowest BCUT2D eigenvalue weighted by Crippen LogP contribution is -2.47. The lowest BCUT2D eigenvalue weighted by atomic mass is 9.81. The lowest BCUT2D eigenvalue weighted by Gasteiger charge is -2.29. The van der Waals surface area contributed by atoms with E-state index >= 15 is 0 Å². The fraction of sp³-hybridized carbons (Fsp3) is 0.842. The maximum Gasteiger partial charge on any atom is 0.326 e. The lowest BCUT2D eigenvalue weighted by molar-refractivity contribution is -0.142. The third kappa shape index (κ3) is 8.09. The summed E-state index contributed by atoms with van der Waals surface area (Å²) in [6, 6.07) is -1.30. The van der Waals surface area contributed by atoms with E-state index in [1.165, 1.54) is 0 Å². The topological polar surface area (TPSA) is 122 Å². The summed E-state index contributed by atoms with van der Waals surface area (Å²) in [7, 11) is 0. The van der Waals surface area contributed by atoms with E-state index in [0.29, 0.717) is 24.6 Å². The molecule has 3 atom stereocenters. The molecule has 156 valence electrons. The molecule has 2 amide bonds. The second-order valence-electron chi connectivity index (χ2n) is 7.56. The van der Waals surface area contributed by atoms with Crippen LogP contribution in [0.3, 0.4) is 0 Å². The average Bonchev–Trinajstić information content (AvgIpc) is 2.67. The Morgan fingerprint density at radius 2 is 1.85 bits per heavy atom. The van der Waals surface area contributed by atoms with Gasteiger partial charge in [-0.2, -0.15) is 11.8 Å². The summed E-state index contributed by atoms with van der Waals surface area (Å²) < 4.78 is 0. The van der Waals surface area contributed by atoms with Gasteiger partial charge >= 0.3 is 5.97 Å². The number of carbonyl (C=O) groups is 3. The summed E-state index contributed by atoms with van der Waals surface area (Å²) in [6.45, 7) is 4.57. The molecule has 0 saturated heterocycles. The van der Waals surface area contributed by atoms with Crippen LogP contribution < -0.4 is 16.4 Å². The first-order valence-corrected chi connectivity index (χ1v) is 11.2. The van der Waals surface area contributed by atoms with E-state index in [4.69, 9.17) is 5.73 Å². The normalized spacial score (nSPS) is 23.1. The highest BCUT2D eigenvalue weighted by atomic mass is 32.2. The van der Waals surface area contributed by atoms with Gasteiger partial charge < -0.3 is 21.5 Å². The van der Waals surface area contributed by atoms with Crippen molar-refractivity contribution in [2.45, 2.75) is 64.5 Å². The Labute approximate surface area is 166 Å². The van der Waals surface area contributed by atoms with Gasteiger partial charge in [-0.25, -0.2) is 4.79 Å². The van der Waals surface area contributed by atoms with Gasteiger partial charge in [-0.1, -0.05) is 20.3 Å². The number of hydrogen-bond acceptors (Lipinski definition) is 5. The molecular weight excluding hydrogens is 366 g/mol. The van der Waals surface area contributed by atoms with E-state index in [9.17, 15) is 19.5 Å². The highest BCUT2D eigenvalue weighted by Gasteiger charge is 2.29. The molecule has 1 aliphatic carbocycles. The van der Waals surface area contributed by atoms with Crippen LogP contribution in [-0.2, 0) is 14.4 Å². The molecule has 0 radical (unpaired) electrons. The van der Waals surface area contributed by atoms with Crippen molar-refractivity contribution in [3.05, 3.63) is 0 Å². The maximum atomic E-state index is 12.4. The average molecular weight is 402 g/mol. The molecule has 0 aromatic carbocycles. The minimum atomic E-state index is -0.980. The smallest absolute Gasteiger partial charge is 0.326 e. The molecule has 1 fully saturated rings. The molecule has 0 aliphatic heterocycles. The largest absolute Gasteiger partial charge is 0.480 e. The highest BCUT2D eigenvalue weighted by molar-refractivity contribution is 7.98. The summed E-state index contributed by atoms with van der Waals surface area (Å²) in [4.78, 5) is 35.7. The van der Waals surface area contributed by atoms with E-state index in [-0.39, 0.29) is 23.7 Å². The molecule has 5 N–H and O–H groups in total. The number of aliphatic carboxylic acids is 1. The highest BCUT2D eigenvalue weighted by Crippen LogP contribution is 2.28. The summed E-state index contributed by atoms with van der Waals surface area (Å²) in [5.41, 5.74) is 5.94. The minimum Gasteiger partial charge on any atom is -0.480 e. The molecule has 0 spiro atoms. The fourth-order valence-electron chi connectivity index (χ4n) is 3.29. The standard InChI is InChI=1S/C19H35N3O4S/c1-4-12(2)16(20)18(24)21-11-13-5-7-14(8-6-13)17(23)22-15(19(25)26)9-10-27-3/h12-16H,4-11,20H2,1-3H3,(H,21,24)(H,22,23)(H,25,26)/t12-,13?,14?,15-,16-/m0/s1. The van der Waals surface area contributed by atoms with E-state index in [1.54, 1.807) is 11.8 Å². The van der Waals surface area contributed by atoms with Gasteiger partial charge in [0.05, 0.1) is 6.04 Å². The second-order valence-corrected chi connectivity index (χ2v) is 8.54. The number of carbonyl (C=O) groups excluding carboxylic acids is 2. The SMILES string of the molecule is CC[C@H](C)[C@H](N)C(=O)NCC1CCC(C(=O)N[C@@H](CCSC)C(=O)O)CC1. The predicted molar refractivity (Wildman–Crippen MR) is 108 cm³/mol. The zero-order valence-electron chi connectivity index (χ0n) is 16.7. The van der Waals surface area contributed by atoms with E-state index in [0.717, 1.165) is 32.1 Å². The predicted octanol–water partition coefficient (Wildman–Crippen LogP) is 1.60. The Bertz CT molecular complexity index is 495. The third-order valence-corrected chi connectivity index (χ3v) is 6.21. The van der Waals surface area contributed by atoms with Gasteiger partial charge in [0, 0.05) is 12.5 Å². The zero-order chi connectivity index (χ0) is 20.4. The first kappa shape index (κ1) is 23.8. The first-order chi connectivity index (χ1) is 12.8. The van der Waals surface area contributed by atoms with Crippen molar-refractivity contribution in [1.82, 2.24) is 10.6 Å². The third-order valence-electron chi connectivity index (χ3n) is 5.57. The monoisotopic (exact) mass is 401 g/mol. The number of amides is 2. The number of thioether (sulfide) groups is 1. The zero-order valence-corrected chi connectivity index (χ0v) is 17.5. The van der Waals surface area contributed by atoms with E-state index in [1.807, 2.05) is 20.1 Å². The Balaban J connectivity index is 2.37. The van der Waals surface area contributed by atoms with Crippen molar-refractivity contribution < 1.29 is 19.5 Å². The molecule has 7 nitrogen and oxygen atoms in total. The number of carboxylic acids is 1. The number of nitrogens with one attached hydrogen (secondary N) is 2. The van der Waals surface area contributed by atoms with Crippen molar-refractivity contribution >= 4 is 29.5 Å². The van der Waals surface area contributed by atoms with Gasteiger partial charge in [-0.3, -0.25) is 9.59 Å². The molecule has 1 aliphatic rings. The Hall–Kier alpha value is -1.28.